The van der Waals surface area contributed by atoms with Crippen LogP contribution in [0.3, 0.4) is 0 Å². The van der Waals surface area contributed by atoms with Gasteiger partial charge in [-0.1, -0.05) is 254 Å². The molecular weight excluding hydrogens is 853 g/mol. The Kier molecular flexibility index (Phi) is 54.3. The van der Waals surface area contributed by atoms with Crippen molar-refractivity contribution in [1.82, 2.24) is 0 Å². The van der Waals surface area contributed by atoms with Gasteiger partial charge in [0.25, 0.3) is 0 Å². The Hall–Kier alpha value is -3.41. The third-order valence-electron chi connectivity index (χ3n) is 12.4. The van der Waals surface area contributed by atoms with Gasteiger partial charge < -0.3 is 14.2 Å². The van der Waals surface area contributed by atoms with E-state index in [0.717, 1.165) is 109 Å². The lowest BCUT2D eigenvalue weighted by molar-refractivity contribution is -0.167. The highest BCUT2D eigenvalue weighted by atomic mass is 16.6. The Labute approximate surface area is 426 Å². The summed E-state index contributed by atoms with van der Waals surface area (Å²) in [6, 6.07) is 0. The molecule has 0 heterocycles. The smallest absolute Gasteiger partial charge is 0.306 e. The Bertz CT molecular complexity index is 1330. The Morgan fingerprint density at radius 2 is 0.580 bits per heavy atom. The summed E-state index contributed by atoms with van der Waals surface area (Å²) in [6.45, 7) is 6.46. The van der Waals surface area contributed by atoms with Gasteiger partial charge in [0.05, 0.1) is 0 Å². The van der Waals surface area contributed by atoms with Crippen LogP contribution in [-0.2, 0) is 28.6 Å². The molecule has 0 aromatic heterocycles. The van der Waals surface area contributed by atoms with Crippen molar-refractivity contribution >= 4 is 17.9 Å². The van der Waals surface area contributed by atoms with Gasteiger partial charge in [0.2, 0.25) is 0 Å². The highest BCUT2D eigenvalue weighted by Crippen LogP contribution is 2.15. The predicted octanol–water partition coefficient (Wildman–Crippen LogP) is 19.5. The average molecular weight is 962 g/mol. The number of allylic oxidation sites excluding steroid dienone is 14. The summed E-state index contributed by atoms with van der Waals surface area (Å²) < 4.78 is 16.8. The quantitative estimate of drug-likeness (QED) is 0.0262. The third-order valence-corrected chi connectivity index (χ3v) is 12.4. The van der Waals surface area contributed by atoms with Crippen LogP contribution >= 0.6 is 0 Å². The van der Waals surface area contributed by atoms with Crippen LogP contribution < -0.4 is 0 Å². The molecule has 0 bridgehead atoms. The molecule has 6 nitrogen and oxygen atoms in total. The minimum Gasteiger partial charge on any atom is -0.462 e. The van der Waals surface area contributed by atoms with Crippen LogP contribution in [-0.4, -0.2) is 37.2 Å². The maximum absolute atomic E-state index is 12.8. The van der Waals surface area contributed by atoms with Gasteiger partial charge in [-0.25, -0.2) is 0 Å². The summed E-state index contributed by atoms with van der Waals surface area (Å²) in [6.07, 6.45) is 74.6. The first-order valence-electron chi connectivity index (χ1n) is 29.1. The van der Waals surface area contributed by atoms with Gasteiger partial charge in [0, 0.05) is 19.3 Å². The predicted molar refractivity (Wildman–Crippen MR) is 297 cm³/mol. The number of esters is 3. The van der Waals surface area contributed by atoms with E-state index in [1.54, 1.807) is 0 Å². The third kappa shape index (κ3) is 55.4. The molecular formula is C63H108O6. The zero-order chi connectivity index (χ0) is 50.0. The minimum atomic E-state index is -0.777. The molecule has 0 fully saturated rings. The van der Waals surface area contributed by atoms with Crippen molar-refractivity contribution in [2.75, 3.05) is 13.2 Å². The van der Waals surface area contributed by atoms with E-state index in [0.29, 0.717) is 19.3 Å². The fraction of sp³-hybridized carbons (Fsp3) is 0.730. The van der Waals surface area contributed by atoms with E-state index in [4.69, 9.17) is 14.2 Å². The van der Waals surface area contributed by atoms with Crippen LogP contribution in [0.25, 0.3) is 0 Å². The van der Waals surface area contributed by atoms with E-state index in [-0.39, 0.29) is 31.1 Å². The molecule has 0 aromatic rings. The molecule has 0 radical (unpaired) electrons. The maximum atomic E-state index is 12.8. The molecule has 1 atom stereocenters. The Balaban J connectivity index is 4.09. The Morgan fingerprint density at radius 1 is 0.304 bits per heavy atom. The summed E-state index contributed by atoms with van der Waals surface area (Å²) in [5.74, 6) is -0.888. The zero-order valence-corrected chi connectivity index (χ0v) is 45.3. The molecule has 0 aliphatic rings. The van der Waals surface area contributed by atoms with Gasteiger partial charge in [-0.2, -0.15) is 0 Å². The van der Waals surface area contributed by atoms with E-state index < -0.39 is 6.10 Å². The summed E-state index contributed by atoms with van der Waals surface area (Å²) in [5, 5.41) is 0. The SMILES string of the molecule is CC/C=C\C/C=C\C/C=C\C/C=C\C/C=C\C/C=C\CCCCCCCCCCCCCCC(=O)OCC(COC(=O)CCCCCCCCCCC)OC(=O)CCCCCCC/C=C\CCCC. The van der Waals surface area contributed by atoms with E-state index in [9.17, 15) is 14.4 Å². The first-order chi connectivity index (χ1) is 34.0. The molecule has 0 N–H and O–H groups in total. The molecule has 0 rings (SSSR count). The standard InChI is InChI=1S/C63H108O6/c1-4-7-10-13-16-19-21-22-23-24-25-26-27-28-29-30-31-32-33-34-35-36-37-38-39-40-42-44-47-50-53-56-62(65)68-59-60(58-67-61(64)55-52-49-46-43-18-15-12-9-6-3)69-63(66)57-54-51-48-45-41-20-17-14-11-8-5-2/h7,10,14,16-17,19,22-23,25-26,28-29,31-32,60H,4-6,8-9,11-13,15,18,20-21,24,27,30,33-59H2,1-3H3/b10-7-,17-14-,19-16-,23-22-,26-25-,29-28-,32-31-. The number of carbonyl (C=O) groups excluding carboxylic acids is 3. The second-order valence-electron chi connectivity index (χ2n) is 19.2. The van der Waals surface area contributed by atoms with Gasteiger partial charge in [-0.3, -0.25) is 14.4 Å². The van der Waals surface area contributed by atoms with E-state index in [2.05, 4.69) is 106 Å². The molecule has 0 aromatic carbocycles. The Morgan fingerprint density at radius 3 is 0.942 bits per heavy atom. The van der Waals surface area contributed by atoms with Crippen molar-refractivity contribution in [2.24, 2.45) is 0 Å². The maximum Gasteiger partial charge on any atom is 0.306 e. The summed E-state index contributed by atoms with van der Waals surface area (Å²) >= 11 is 0. The van der Waals surface area contributed by atoms with Gasteiger partial charge in [-0.05, 0) is 89.9 Å². The normalized spacial score (nSPS) is 12.7. The summed E-state index contributed by atoms with van der Waals surface area (Å²) in [4.78, 5) is 37.9. The fourth-order valence-electron chi connectivity index (χ4n) is 8.02. The van der Waals surface area contributed by atoms with Gasteiger partial charge in [0.15, 0.2) is 6.10 Å². The van der Waals surface area contributed by atoms with Crippen molar-refractivity contribution in [3.05, 3.63) is 85.1 Å². The average Bonchev–Trinajstić information content (AvgIpc) is 3.35. The van der Waals surface area contributed by atoms with Crippen LogP contribution in [0.15, 0.2) is 85.1 Å². The van der Waals surface area contributed by atoms with E-state index >= 15 is 0 Å². The number of unbranched alkanes of at least 4 members (excludes halogenated alkanes) is 27. The highest BCUT2D eigenvalue weighted by Gasteiger charge is 2.19. The molecule has 69 heavy (non-hydrogen) atoms. The van der Waals surface area contributed by atoms with Crippen molar-refractivity contribution in [3.8, 4) is 0 Å². The van der Waals surface area contributed by atoms with E-state index in [1.807, 2.05) is 0 Å². The number of carbonyl (C=O) groups is 3. The van der Waals surface area contributed by atoms with Crippen molar-refractivity contribution in [1.29, 1.82) is 0 Å². The van der Waals surface area contributed by atoms with E-state index in [1.165, 1.54) is 128 Å². The highest BCUT2D eigenvalue weighted by molar-refractivity contribution is 5.71. The first-order valence-corrected chi connectivity index (χ1v) is 29.1. The number of rotatable bonds is 52. The lowest BCUT2D eigenvalue weighted by atomic mass is 10.0. The number of hydrogen-bond donors (Lipinski definition) is 0. The lowest BCUT2D eigenvalue weighted by Crippen LogP contribution is -2.30. The minimum absolute atomic E-state index is 0.0773. The van der Waals surface area contributed by atoms with Crippen LogP contribution in [0.4, 0.5) is 0 Å². The second kappa shape index (κ2) is 57.2. The van der Waals surface area contributed by atoms with Crippen molar-refractivity contribution < 1.29 is 28.6 Å². The molecule has 0 aliphatic carbocycles. The van der Waals surface area contributed by atoms with Crippen molar-refractivity contribution in [2.45, 2.75) is 284 Å². The fourth-order valence-corrected chi connectivity index (χ4v) is 8.02. The molecule has 0 spiro atoms. The molecule has 0 aliphatic heterocycles. The summed E-state index contributed by atoms with van der Waals surface area (Å²) in [5.41, 5.74) is 0. The first kappa shape index (κ1) is 65.6. The van der Waals surface area contributed by atoms with Crippen LogP contribution in [0.5, 0.6) is 0 Å². The zero-order valence-electron chi connectivity index (χ0n) is 45.3. The summed E-state index contributed by atoms with van der Waals surface area (Å²) in [7, 11) is 0. The van der Waals surface area contributed by atoms with Gasteiger partial charge in [-0.15, -0.1) is 0 Å². The lowest BCUT2D eigenvalue weighted by Gasteiger charge is -2.18. The monoisotopic (exact) mass is 961 g/mol. The van der Waals surface area contributed by atoms with Gasteiger partial charge in [0.1, 0.15) is 13.2 Å². The molecule has 0 saturated carbocycles. The molecule has 6 heteroatoms. The topological polar surface area (TPSA) is 78.9 Å². The van der Waals surface area contributed by atoms with Crippen molar-refractivity contribution in [3.63, 3.8) is 0 Å². The number of ether oxygens (including phenoxy) is 3. The molecule has 1 unspecified atom stereocenters. The largest absolute Gasteiger partial charge is 0.462 e. The second-order valence-corrected chi connectivity index (χ2v) is 19.2. The van der Waals surface area contributed by atoms with Crippen LogP contribution in [0.2, 0.25) is 0 Å². The van der Waals surface area contributed by atoms with Crippen LogP contribution in [0.1, 0.15) is 278 Å². The number of hydrogen-bond acceptors (Lipinski definition) is 6. The molecule has 0 amide bonds. The molecule has 396 valence electrons. The molecule has 0 saturated heterocycles. The van der Waals surface area contributed by atoms with Crippen LogP contribution in [0, 0.1) is 0 Å². The van der Waals surface area contributed by atoms with Gasteiger partial charge >= 0.3 is 17.9 Å².